The number of carboxylic acids is 1. The van der Waals surface area contributed by atoms with Gasteiger partial charge >= 0.3 is 5.97 Å². The molecule has 2 N–H and O–H groups in total. The first-order valence-electron chi connectivity index (χ1n) is 3.02. The number of carboxylic acid groups (broad SMARTS) is 1. The van der Waals surface area contributed by atoms with Gasteiger partial charge in [-0.3, -0.25) is 9.36 Å². The van der Waals surface area contributed by atoms with Crippen LogP contribution in [0, 0.1) is 0 Å². The highest BCUT2D eigenvalue weighted by Gasteiger charge is 2.14. The molecule has 0 saturated carbocycles. The zero-order valence-corrected chi connectivity index (χ0v) is 6.18. The molecule has 1 aromatic rings. The fourth-order valence-electron chi connectivity index (χ4n) is 0.683. The molecule has 0 fully saturated rings. The molecule has 0 saturated heterocycles. The molecule has 0 unspecified atom stereocenters. The third-order valence-electron chi connectivity index (χ3n) is 1.31. The minimum absolute atomic E-state index is 0.627. The van der Waals surface area contributed by atoms with Gasteiger partial charge in [0, 0.05) is 7.05 Å². The zero-order chi connectivity index (χ0) is 9.30. The van der Waals surface area contributed by atoms with E-state index in [1.807, 2.05) is 0 Å². The van der Waals surface area contributed by atoms with E-state index in [-0.39, 0.29) is 0 Å². The highest BCUT2D eigenvalue weighted by Crippen LogP contribution is 2.05. The summed E-state index contributed by atoms with van der Waals surface area (Å²) >= 11 is 0. The Morgan fingerprint density at radius 2 is 2.25 bits per heavy atom. The maximum Gasteiger partial charge on any atom is 0.358 e. The molecule has 0 radical (unpaired) electrons. The monoisotopic (exact) mass is 170 g/mol. The predicted octanol–water partition coefficient (Wildman–Crippen LogP) is -0.816. The molecular weight excluding hydrogens is 164 g/mol. The molecule has 0 spiro atoms. The number of aromatic nitrogens is 2. The zero-order valence-electron chi connectivity index (χ0n) is 6.18. The molecule has 12 heavy (non-hydrogen) atoms. The molecular formula is C6H6N2O4. The number of aromatic carboxylic acids is 1. The van der Waals surface area contributed by atoms with Crippen LogP contribution in [0.4, 0.5) is 0 Å². The van der Waals surface area contributed by atoms with Crippen molar-refractivity contribution in [3.63, 3.8) is 0 Å². The van der Waals surface area contributed by atoms with Crippen LogP contribution in [0.2, 0.25) is 0 Å². The Morgan fingerprint density at radius 1 is 1.67 bits per heavy atom. The van der Waals surface area contributed by atoms with E-state index in [9.17, 15) is 9.59 Å². The van der Waals surface area contributed by atoms with Crippen LogP contribution in [-0.2, 0) is 7.05 Å². The summed E-state index contributed by atoms with van der Waals surface area (Å²) in [5.41, 5.74) is -1.40. The molecule has 0 bridgehead atoms. The first-order chi connectivity index (χ1) is 5.54. The van der Waals surface area contributed by atoms with Gasteiger partial charge in [-0.25, -0.2) is 9.78 Å². The molecule has 1 rings (SSSR count). The lowest BCUT2D eigenvalue weighted by Gasteiger charge is -1.99. The lowest BCUT2D eigenvalue weighted by Crippen LogP contribution is -2.19. The summed E-state index contributed by atoms with van der Waals surface area (Å²) in [6.45, 7) is 0. The van der Waals surface area contributed by atoms with Gasteiger partial charge in [0.2, 0.25) is 5.75 Å². The smallest absolute Gasteiger partial charge is 0.358 e. The van der Waals surface area contributed by atoms with E-state index < -0.39 is 23.0 Å². The molecule has 6 nitrogen and oxygen atoms in total. The molecule has 0 amide bonds. The van der Waals surface area contributed by atoms with Gasteiger partial charge in [0.15, 0.2) is 5.69 Å². The Bertz CT molecular complexity index is 382. The second-order valence-electron chi connectivity index (χ2n) is 2.16. The molecule has 0 aromatic carbocycles. The molecule has 0 atom stereocenters. The molecule has 1 aromatic heterocycles. The summed E-state index contributed by atoms with van der Waals surface area (Å²) in [5.74, 6) is -2.27. The van der Waals surface area contributed by atoms with Crippen LogP contribution in [0.5, 0.6) is 5.75 Å². The van der Waals surface area contributed by atoms with Gasteiger partial charge in [-0.1, -0.05) is 0 Å². The molecule has 0 aliphatic rings. The minimum atomic E-state index is -1.43. The average Bonchev–Trinajstić information content (AvgIpc) is 2.00. The SMILES string of the molecule is Cn1cnc(C(=O)O)c(O)c1=O. The molecule has 6 heteroatoms. The van der Waals surface area contributed by atoms with Crippen molar-refractivity contribution in [2.45, 2.75) is 0 Å². The predicted molar refractivity (Wildman–Crippen MR) is 38.1 cm³/mol. The van der Waals surface area contributed by atoms with Gasteiger partial charge < -0.3 is 10.2 Å². The maximum atomic E-state index is 10.9. The number of carbonyl (C=O) groups is 1. The van der Waals surface area contributed by atoms with Crippen molar-refractivity contribution in [3.05, 3.63) is 22.4 Å². The van der Waals surface area contributed by atoms with Gasteiger partial charge in [-0.15, -0.1) is 0 Å². The Morgan fingerprint density at radius 3 is 2.75 bits per heavy atom. The van der Waals surface area contributed by atoms with E-state index >= 15 is 0 Å². The summed E-state index contributed by atoms with van der Waals surface area (Å²) in [6.07, 6.45) is 1.03. The summed E-state index contributed by atoms with van der Waals surface area (Å²) < 4.78 is 0.988. The van der Waals surface area contributed by atoms with Gasteiger partial charge in [0.05, 0.1) is 6.33 Å². The number of aryl methyl sites for hydroxylation is 1. The molecule has 1 heterocycles. The summed E-state index contributed by atoms with van der Waals surface area (Å²) in [6, 6.07) is 0. The highest BCUT2D eigenvalue weighted by atomic mass is 16.4. The van der Waals surface area contributed by atoms with Crippen LogP contribution in [0.1, 0.15) is 10.5 Å². The minimum Gasteiger partial charge on any atom is -0.501 e. The number of aromatic hydroxyl groups is 1. The number of hydrogen-bond donors (Lipinski definition) is 2. The lowest BCUT2D eigenvalue weighted by molar-refractivity contribution is 0.0686. The third kappa shape index (κ3) is 1.14. The van der Waals surface area contributed by atoms with Crippen LogP contribution in [-0.4, -0.2) is 25.7 Å². The average molecular weight is 170 g/mol. The molecule has 0 aliphatic carbocycles. The van der Waals surface area contributed by atoms with Crippen molar-refractivity contribution in [1.82, 2.24) is 9.55 Å². The standard InChI is InChI=1S/C6H6N2O4/c1-8-2-7-3(6(11)12)4(9)5(8)10/h2,9H,1H3,(H,11,12). The van der Waals surface area contributed by atoms with E-state index in [4.69, 9.17) is 10.2 Å². The van der Waals surface area contributed by atoms with Crippen LogP contribution < -0.4 is 5.56 Å². The summed E-state index contributed by atoms with van der Waals surface area (Å²) in [4.78, 5) is 24.6. The number of rotatable bonds is 1. The van der Waals surface area contributed by atoms with Crippen LogP contribution in [0.3, 0.4) is 0 Å². The van der Waals surface area contributed by atoms with Crippen LogP contribution in [0.15, 0.2) is 11.1 Å². The summed E-state index contributed by atoms with van der Waals surface area (Å²) in [5, 5.41) is 17.4. The van der Waals surface area contributed by atoms with Gasteiger partial charge in [0.25, 0.3) is 5.56 Å². The van der Waals surface area contributed by atoms with E-state index in [0.717, 1.165) is 10.9 Å². The van der Waals surface area contributed by atoms with E-state index in [1.165, 1.54) is 7.05 Å². The van der Waals surface area contributed by atoms with E-state index in [0.29, 0.717) is 0 Å². The van der Waals surface area contributed by atoms with Crippen molar-refractivity contribution in [2.24, 2.45) is 7.05 Å². The quantitative estimate of drug-likeness (QED) is 0.574. The normalized spacial score (nSPS) is 9.75. The fraction of sp³-hybridized carbons (Fsp3) is 0.167. The topological polar surface area (TPSA) is 92.4 Å². The van der Waals surface area contributed by atoms with Crippen molar-refractivity contribution < 1.29 is 15.0 Å². The second-order valence-corrected chi connectivity index (χ2v) is 2.16. The Hall–Kier alpha value is -1.85. The maximum absolute atomic E-state index is 10.9. The Balaban J connectivity index is 3.47. The van der Waals surface area contributed by atoms with Gasteiger partial charge in [0.1, 0.15) is 0 Å². The molecule has 64 valence electrons. The second kappa shape index (κ2) is 2.65. The van der Waals surface area contributed by atoms with Crippen molar-refractivity contribution in [3.8, 4) is 5.75 Å². The highest BCUT2D eigenvalue weighted by molar-refractivity contribution is 5.87. The third-order valence-corrected chi connectivity index (χ3v) is 1.31. The van der Waals surface area contributed by atoms with Crippen molar-refractivity contribution in [2.75, 3.05) is 0 Å². The van der Waals surface area contributed by atoms with E-state index in [1.54, 1.807) is 0 Å². The van der Waals surface area contributed by atoms with Gasteiger partial charge in [-0.05, 0) is 0 Å². The van der Waals surface area contributed by atoms with Crippen molar-refractivity contribution >= 4 is 5.97 Å². The van der Waals surface area contributed by atoms with Crippen LogP contribution in [0.25, 0.3) is 0 Å². The van der Waals surface area contributed by atoms with E-state index in [2.05, 4.69) is 4.98 Å². The lowest BCUT2D eigenvalue weighted by atomic mass is 10.4. The molecule has 0 aliphatic heterocycles. The Labute approximate surface area is 66.7 Å². The largest absolute Gasteiger partial charge is 0.501 e. The van der Waals surface area contributed by atoms with Gasteiger partial charge in [-0.2, -0.15) is 0 Å². The van der Waals surface area contributed by atoms with Crippen molar-refractivity contribution in [1.29, 1.82) is 0 Å². The first-order valence-corrected chi connectivity index (χ1v) is 3.02. The number of nitrogens with zero attached hydrogens (tertiary/aromatic N) is 2. The summed E-state index contributed by atoms with van der Waals surface area (Å²) in [7, 11) is 1.36. The first kappa shape index (κ1) is 8.25. The number of hydrogen-bond acceptors (Lipinski definition) is 4. The fourth-order valence-corrected chi connectivity index (χ4v) is 0.683. The van der Waals surface area contributed by atoms with Crippen LogP contribution >= 0.6 is 0 Å². The Kier molecular flexibility index (Phi) is 1.82.